The minimum atomic E-state index is -0.894. The van der Waals surface area contributed by atoms with Gasteiger partial charge in [0.2, 0.25) is 6.41 Å². The van der Waals surface area contributed by atoms with Crippen molar-refractivity contribution in [2.24, 2.45) is 11.8 Å². The zero-order valence-corrected chi connectivity index (χ0v) is 10.7. The van der Waals surface area contributed by atoms with Gasteiger partial charge in [0.15, 0.2) is 0 Å². The van der Waals surface area contributed by atoms with Crippen LogP contribution in [0.4, 0.5) is 0 Å². The summed E-state index contributed by atoms with van der Waals surface area (Å²) in [6, 6.07) is 0.191. The fourth-order valence-corrected chi connectivity index (χ4v) is 3.69. The standard InChI is InChI=1S/C14H21NO3/c16-9-15(12-5-6-12)14(13(17)18)7-1-2-11(8-14)10-3-4-10/h9-12H,1-8H2,(H,17,18). The first-order valence-corrected chi connectivity index (χ1v) is 7.14. The van der Waals surface area contributed by atoms with E-state index in [1.165, 1.54) is 12.8 Å². The SMILES string of the molecule is O=CN(C1CC1)C1(C(=O)O)CCCC(C2CC2)C1. The molecular weight excluding hydrogens is 230 g/mol. The van der Waals surface area contributed by atoms with Crippen molar-refractivity contribution in [2.45, 2.75) is 62.9 Å². The highest BCUT2D eigenvalue weighted by Crippen LogP contribution is 2.49. The Morgan fingerprint density at radius 2 is 1.89 bits per heavy atom. The lowest BCUT2D eigenvalue weighted by atomic mass is 9.73. The first-order chi connectivity index (χ1) is 8.67. The van der Waals surface area contributed by atoms with Crippen molar-refractivity contribution in [1.29, 1.82) is 0 Å². The predicted octanol–water partition coefficient (Wildman–Crippen LogP) is 2.03. The van der Waals surface area contributed by atoms with Crippen molar-refractivity contribution in [3.8, 4) is 0 Å². The average molecular weight is 251 g/mol. The Morgan fingerprint density at radius 1 is 1.17 bits per heavy atom. The van der Waals surface area contributed by atoms with Gasteiger partial charge in [-0.25, -0.2) is 4.79 Å². The number of hydrogen-bond donors (Lipinski definition) is 1. The molecule has 4 nitrogen and oxygen atoms in total. The number of carbonyl (C=O) groups is 2. The summed E-state index contributed by atoms with van der Waals surface area (Å²) in [5.41, 5.74) is -0.894. The third-order valence-corrected chi connectivity index (χ3v) is 5.00. The Hall–Kier alpha value is -1.06. The molecule has 3 aliphatic rings. The van der Waals surface area contributed by atoms with Gasteiger partial charge in [-0.05, 0) is 56.8 Å². The van der Waals surface area contributed by atoms with Crippen molar-refractivity contribution in [2.75, 3.05) is 0 Å². The molecule has 3 rings (SSSR count). The van der Waals surface area contributed by atoms with Gasteiger partial charge in [0.05, 0.1) is 0 Å². The largest absolute Gasteiger partial charge is 0.479 e. The second kappa shape index (κ2) is 4.25. The van der Waals surface area contributed by atoms with Gasteiger partial charge >= 0.3 is 5.97 Å². The molecule has 0 bridgehead atoms. The van der Waals surface area contributed by atoms with E-state index in [0.29, 0.717) is 18.8 Å². The molecule has 0 aliphatic heterocycles. The maximum absolute atomic E-state index is 11.8. The summed E-state index contributed by atoms with van der Waals surface area (Å²) in [5.74, 6) is 0.472. The van der Waals surface area contributed by atoms with Gasteiger partial charge in [-0.15, -0.1) is 0 Å². The topological polar surface area (TPSA) is 57.6 Å². The van der Waals surface area contributed by atoms with Crippen molar-refractivity contribution in [1.82, 2.24) is 4.90 Å². The molecule has 0 aromatic heterocycles. The molecule has 3 fully saturated rings. The van der Waals surface area contributed by atoms with Crippen molar-refractivity contribution >= 4 is 12.4 Å². The lowest BCUT2D eigenvalue weighted by molar-refractivity contribution is -0.160. The van der Waals surface area contributed by atoms with Crippen molar-refractivity contribution < 1.29 is 14.7 Å². The number of carbonyl (C=O) groups excluding carboxylic acids is 1. The van der Waals surface area contributed by atoms with Crippen LogP contribution >= 0.6 is 0 Å². The van der Waals surface area contributed by atoms with Gasteiger partial charge in [-0.1, -0.05) is 6.42 Å². The molecule has 18 heavy (non-hydrogen) atoms. The van der Waals surface area contributed by atoms with E-state index in [4.69, 9.17) is 0 Å². The normalized spacial score (nSPS) is 36.1. The Bertz CT molecular complexity index is 362. The molecule has 2 unspecified atom stereocenters. The van der Waals surface area contributed by atoms with E-state index < -0.39 is 11.5 Å². The molecule has 0 radical (unpaired) electrons. The molecule has 0 aromatic carbocycles. The van der Waals surface area contributed by atoms with E-state index in [-0.39, 0.29) is 6.04 Å². The summed E-state index contributed by atoms with van der Waals surface area (Å²) >= 11 is 0. The van der Waals surface area contributed by atoms with E-state index in [9.17, 15) is 14.7 Å². The summed E-state index contributed by atoms with van der Waals surface area (Å²) in [5, 5.41) is 9.69. The minimum Gasteiger partial charge on any atom is -0.479 e. The number of hydrogen-bond acceptors (Lipinski definition) is 2. The Morgan fingerprint density at radius 3 is 2.39 bits per heavy atom. The van der Waals surface area contributed by atoms with Gasteiger partial charge in [0, 0.05) is 6.04 Å². The molecule has 100 valence electrons. The number of amides is 1. The highest BCUT2D eigenvalue weighted by atomic mass is 16.4. The summed E-state index contributed by atoms with van der Waals surface area (Å²) in [6.45, 7) is 0. The van der Waals surface area contributed by atoms with Crippen LogP contribution in [0.1, 0.15) is 51.4 Å². The third kappa shape index (κ3) is 1.91. The molecular formula is C14H21NO3. The predicted molar refractivity (Wildman–Crippen MR) is 66.0 cm³/mol. The highest BCUT2D eigenvalue weighted by Gasteiger charge is 2.53. The van der Waals surface area contributed by atoms with Crippen LogP contribution in [0.5, 0.6) is 0 Å². The fourth-order valence-electron chi connectivity index (χ4n) is 3.69. The maximum atomic E-state index is 11.8. The van der Waals surface area contributed by atoms with Crippen LogP contribution in [0.2, 0.25) is 0 Å². The first kappa shape index (κ1) is 12.0. The molecule has 3 aliphatic carbocycles. The number of carboxylic acids is 1. The van der Waals surface area contributed by atoms with Crippen LogP contribution in [0, 0.1) is 11.8 Å². The van der Waals surface area contributed by atoms with Crippen molar-refractivity contribution in [3.63, 3.8) is 0 Å². The van der Waals surface area contributed by atoms with Crippen molar-refractivity contribution in [3.05, 3.63) is 0 Å². The molecule has 0 aromatic rings. The first-order valence-electron chi connectivity index (χ1n) is 7.14. The van der Waals surface area contributed by atoms with Gasteiger partial charge in [0.1, 0.15) is 5.54 Å². The Balaban J connectivity index is 1.84. The van der Waals surface area contributed by atoms with Crippen LogP contribution in [0.25, 0.3) is 0 Å². The van der Waals surface area contributed by atoms with Gasteiger partial charge < -0.3 is 10.0 Å². The highest BCUT2D eigenvalue weighted by molar-refractivity contribution is 5.82. The fraction of sp³-hybridized carbons (Fsp3) is 0.857. The van der Waals surface area contributed by atoms with Crippen LogP contribution in [0.15, 0.2) is 0 Å². The lowest BCUT2D eigenvalue weighted by Gasteiger charge is -2.44. The monoisotopic (exact) mass is 251 g/mol. The summed E-state index contributed by atoms with van der Waals surface area (Å²) < 4.78 is 0. The summed E-state index contributed by atoms with van der Waals surface area (Å²) in [4.78, 5) is 24.8. The minimum absolute atomic E-state index is 0.191. The van der Waals surface area contributed by atoms with Crippen LogP contribution in [-0.2, 0) is 9.59 Å². The summed E-state index contributed by atoms with van der Waals surface area (Å²) in [7, 11) is 0. The molecule has 1 N–H and O–H groups in total. The molecule has 4 heteroatoms. The smallest absolute Gasteiger partial charge is 0.329 e. The zero-order valence-electron chi connectivity index (χ0n) is 10.7. The second-order valence-corrected chi connectivity index (χ2v) is 6.27. The van der Waals surface area contributed by atoms with E-state index in [1.807, 2.05) is 0 Å². The Kier molecular flexibility index (Phi) is 2.83. The number of aliphatic carboxylic acids is 1. The zero-order chi connectivity index (χ0) is 12.8. The van der Waals surface area contributed by atoms with E-state index in [2.05, 4.69) is 0 Å². The van der Waals surface area contributed by atoms with E-state index >= 15 is 0 Å². The van der Waals surface area contributed by atoms with Crippen LogP contribution in [0.3, 0.4) is 0 Å². The third-order valence-electron chi connectivity index (χ3n) is 5.00. The molecule has 0 spiro atoms. The summed E-state index contributed by atoms with van der Waals surface area (Å²) in [6.07, 6.45) is 8.67. The number of rotatable bonds is 5. The van der Waals surface area contributed by atoms with Gasteiger partial charge in [0.25, 0.3) is 0 Å². The number of carboxylic acid groups (broad SMARTS) is 1. The molecule has 2 atom stereocenters. The Labute approximate surface area is 107 Å². The van der Waals surface area contributed by atoms with Crippen LogP contribution < -0.4 is 0 Å². The maximum Gasteiger partial charge on any atom is 0.329 e. The molecule has 0 heterocycles. The van der Waals surface area contributed by atoms with E-state index in [1.54, 1.807) is 4.90 Å². The van der Waals surface area contributed by atoms with Gasteiger partial charge in [-0.2, -0.15) is 0 Å². The quantitative estimate of drug-likeness (QED) is 0.761. The molecule has 1 amide bonds. The number of nitrogens with zero attached hydrogens (tertiary/aromatic N) is 1. The average Bonchev–Trinajstić information content (AvgIpc) is 3.23. The van der Waals surface area contributed by atoms with Gasteiger partial charge in [-0.3, -0.25) is 4.79 Å². The van der Waals surface area contributed by atoms with Crippen LogP contribution in [-0.4, -0.2) is 34.0 Å². The second-order valence-electron chi connectivity index (χ2n) is 6.27. The molecule has 0 saturated heterocycles. The lowest BCUT2D eigenvalue weighted by Crippen LogP contribution is -2.57. The van der Waals surface area contributed by atoms with E-state index in [0.717, 1.165) is 38.0 Å². The molecule has 3 saturated carbocycles.